The molecule has 0 atom stereocenters. The number of hydrogen-bond acceptors (Lipinski definition) is 10. The third kappa shape index (κ3) is 9.75. The van der Waals surface area contributed by atoms with Crippen LogP contribution in [0.1, 0.15) is 19.4 Å². The highest BCUT2D eigenvalue weighted by Crippen LogP contribution is 2.14. The highest BCUT2D eigenvalue weighted by molar-refractivity contribution is 5.81. The van der Waals surface area contributed by atoms with Crippen molar-refractivity contribution in [1.82, 2.24) is 15.2 Å². The van der Waals surface area contributed by atoms with Crippen LogP contribution in [0.4, 0.5) is 10.5 Å². The normalized spacial score (nSPS) is 10.8. The first-order chi connectivity index (χ1) is 15.2. The number of amides is 2. The number of hydrogen-bond donors (Lipinski definition) is 3. The number of carbonyl (C=O) groups is 3. The van der Waals surface area contributed by atoms with E-state index in [9.17, 15) is 24.5 Å². The number of nitrogens with zero attached hydrogens (tertiary/aromatic N) is 3. The Morgan fingerprint density at radius 2 is 1.69 bits per heavy atom. The van der Waals surface area contributed by atoms with Gasteiger partial charge in [0.15, 0.2) is 0 Å². The van der Waals surface area contributed by atoms with Crippen molar-refractivity contribution in [3.63, 3.8) is 0 Å². The second-order valence-electron chi connectivity index (χ2n) is 6.42. The summed E-state index contributed by atoms with van der Waals surface area (Å²) in [6.07, 6.45) is 1.28. The first kappa shape index (κ1) is 26.2. The number of urea groups is 1. The Morgan fingerprint density at radius 3 is 2.25 bits per heavy atom. The molecule has 0 bridgehead atoms. The van der Waals surface area contributed by atoms with Crippen LogP contribution in [0.2, 0.25) is 0 Å². The van der Waals surface area contributed by atoms with Gasteiger partial charge >= 0.3 is 18.0 Å². The Kier molecular flexibility index (Phi) is 11.0. The molecule has 176 valence electrons. The molecule has 1 rings (SSSR count). The number of ether oxygens (including phenoxy) is 2. The summed E-state index contributed by atoms with van der Waals surface area (Å²) in [5.41, 5.74) is 6.61. The van der Waals surface area contributed by atoms with Gasteiger partial charge in [0.2, 0.25) is 0 Å². The first-order valence-corrected chi connectivity index (χ1v) is 9.71. The SMILES string of the molecule is CCOC(=O)CNC(=O)N(C/C(N)=C/N(N)CC(=O)OCC)Cc1ccc([N+](=O)[O-])cc1. The number of nitro groups is 1. The minimum Gasteiger partial charge on any atom is -0.465 e. The highest BCUT2D eigenvalue weighted by atomic mass is 16.6. The molecule has 2 amide bonds. The van der Waals surface area contributed by atoms with Crippen molar-refractivity contribution < 1.29 is 28.8 Å². The zero-order valence-corrected chi connectivity index (χ0v) is 18.0. The molecule has 0 heterocycles. The molecule has 0 spiro atoms. The zero-order chi connectivity index (χ0) is 24.1. The number of non-ortho nitro benzene ring substituents is 1. The van der Waals surface area contributed by atoms with Crippen LogP contribution >= 0.6 is 0 Å². The van der Waals surface area contributed by atoms with E-state index in [0.717, 1.165) is 5.01 Å². The summed E-state index contributed by atoms with van der Waals surface area (Å²) in [6, 6.07) is 5.00. The lowest BCUT2D eigenvalue weighted by Crippen LogP contribution is -2.44. The molecular formula is C19H28N6O7. The molecule has 13 nitrogen and oxygen atoms in total. The van der Waals surface area contributed by atoms with E-state index in [2.05, 4.69) is 5.32 Å². The van der Waals surface area contributed by atoms with Crippen LogP contribution in [-0.2, 0) is 25.6 Å². The Hall–Kier alpha value is -3.87. The molecule has 5 N–H and O–H groups in total. The quantitative estimate of drug-likeness (QED) is 0.171. The van der Waals surface area contributed by atoms with Crippen molar-refractivity contribution >= 4 is 23.7 Å². The molecule has 0 radical (unpaired) electrons. The van der Waals surface area contributed by atoms with E-state index in [0.29, 0.717) is 5.56 Å². The van der Waals surface area contributed by atoms with Crippen LogP contribution in [0.25, 0.3) is 0 Å². The molecule has 0 aliphatic heterocycles. The van der Waals surface area contributed by atoms with Crippen LogP contribution in [-0.4, -0.2) is 65.6 Å². The van der Waals surface area contributed by atoms with Crippen LogP contribution in [0.15, 0.2) is 36.2 Å². The fourth-order valence-electron chi connectivity index (χ4n) is 2.49. The van der Waals surface area contributed by atoms with Crippen LogP contribution < -0.4 is 16.9 Å². The molecule has 0 fully saturated rings. The molecule has 13 heteroatoms. The largest absolute Gasteiger partial charge is 0.465 e. The number of carbonyl (C=O) groups excluding carboxylic acids is 3. The maximum atomic E-state index is 12.6. The van der Waals surface area contributed by atoms with Gasteiger partial charge in [-0.05, 0) is 19.4 Å². The van der Waals surface area contributed by atoms with Gasteiger partial charge in [0.25, 0.3) is 5.69 Å². The molecule has 32 heavy (non-hydrogen) atoms. The van der Waals surface area contributed by atoms with Gasteiger partial charge < -0.3 is 30.4 Å². The molecule has 0 aromatic heterocycles. The summed E-state index contributed by atoms with van der Waals surface area (Å²) >= 11 is 0. The smallest absolute Gasteiger partial charge is 0.327 e. The minimum absolute atomic E-state index is 0.0314. The molecule has 1 aromatic carbocycles. The average Bonchev–Trinajstić information content (AvgIpc) is 2.72. The van der Waals surface area contributed by atoms with E-state index in [1.54, 1.807) is 13.8 Å². The Bertz CT molecular complexity index is 828. The lowest BCUT2D eigenvalue weighted by atomic mass is 10.2. The van der Waals surface area contributed by atoms with Crippen molar-refractivity contribution in [3.05, 3.63) is 51.8 Å². The van der Waals surface area contributed by atoms with E-state index in [1.165, 1.54) is 35.4 Å². The monoisotopic (exact) mass is 452 g/mol. The van der Waals surface area contributed by atoms with Gasteiger partial charge in [-0.25, -0.2) is 10.6 Å². The fraction of sp³-hybridized carbons (Fsp3) is 0.421. The maximum Gasteiger partial charge on any atom is 0.327 e. The molecule has 1 aromatic rings. The second-order valence-corrected chi connectivity index (χ2v) is 6.42. The first-order valence-electron chi connectivity index (χ1n) is 9.71. The summed E-state index contributed by atoms with van der Waals surface area (Å²) in [4.78, 5) is 47.2. The molecular weight excluding hydrogens is 424 g/mol. The van der Waals surface area contributed by atoms with E-state index in [1.807, 2.05) is 0 Å². The van der Waals surface area contributed by atoms with Crippen LogP contribution in [0.3, 0.4) is 0 Å². The number of nitrogens with two attached hydrogens (primary N) is 2. The molecule has 0 saturated heterocycles. The van der Waals surface area contributed by atoms with E-state index in [4.69, 9.17) is 21.1 Å². The topological polar surface area (TPSA) is 183 Å². The van der Waals surface area contributed by atoms with Gasteiger partial charge in [-0.15, -0.1) is 0 Å². The van der Waals surface area contributed by atoms with E-state index in [-0.39, 0.29) is 50.8 Å². The van der Waals surface area contributed by atoms with Gasteiger partial charge in [-0.3, -0.25) is 19.7 Å². The van der Waals surface area contributed by atoms with Crippen molar-refractivity contribution in [3.8, 4) is 0 Å². The lowest BCUT2D eigenvalue weighted by Gasteiger charge is -2.24. The Balaban J connectivity index is 2.91. The number of hydrazine groups is 1. The summed E-state index contributed by atoms with van der Waals surface area (Å²) in [6.45, 7) is 3.00. The highest BCUT2D eigenvalue weighted by Gasteiger charge is 2.17. The second kappa shape index (κ2) is 13.4. The number of esters is 2. The predicted octanol–water partition coefficient (Wildman–Crippen LogP) is 0.208. The minimum atomic E-state index is -0.623. The fourth-order valence-corrected chi connectivity index (χ4v) is 2.49. The Labute approximate surface area is 185 Å². The van der Waals surface area contributed by atoms with Gasteiger partial charge in [-0.2, -0.15) is 0 Å². The third-order valence-electron chi connectivity index (χ3n) is 3.82. The van der Waals surface area contributed by atoms with Crippen molar-refractivity contribution in [2.75, 3.05) is 32.8 Å². The van der Waals surface area contributed by atoms with Crippen molar-refractivity contribution in [2.24, 2.45) is 11.6 Å². The zero-order valence-electron chi connectivity index (χ0n) is 18.0. The predicted molar refractivity (Wildman–Crippen MR) is 113 cm³/mol. The number of rotatable bonds is 12. The van der Waals surface area contributed by atoms with Gasteiger partial charge in [-0.1, -0.05) is 12.1 Å². The van der Waals surface area contributed by atoms with Crippen LogP contribution in [0, 0.1) is 10.1 Å². The van der Waals surface area contributed by atoms with Crippen molar-refractivity contribution in [1.29, 1.82) is 0 Å². The third-order valence-corrected chi connectivity index (χ3v) is 3.82. The standard InChI is InChI=1S/C19H28N6O7/c1-3-31-17(26)9-22-19(28)23(10-14-5-7-16(8-6-14)25(29)30)11-15(20)12-24(21)13-18(27)32-4-2/h5-8,12H,3-4,9-11,13,20-21H2,1-2H3,(H,22,28)/b15-12-. The van der Waals surface area contributed by atoms with Crippen molar-refractivity contribution in [2.45, 2.75) is 20.4 Å². The number of benzene rings is 1. The molecule has 0 unspecified atom stereocenters. The number of nitro benzene ring substituents is 1. The molecule has 0 aliphatic carbocycles. The lowest BCUT2D eigenvalue weighted by molar-refractivity contribution is -0.384. The van der Waals surface area contributed by atoms with E-state index < -0.39 is 22.9 Å². The van der Waals surface area contributed by atoms with Crippen LogP contribution in [0.5, 0.6) is 0 Å². The van der Waals surface area contributed by atoms with Gasteiger partial charge in [0, 0.05) is 30.6 Å². The maximum absolute atomic E-state index is 12.6. The summed E-state index contributed by atoms with van der Waals surface area (Å²) in [5, 5.41) is 14.3. The summed E-state index contributed by atoms with van der Waals surface area (Å²) in [7, 11) is 0. The molecule has 0 aliphatic rings. The summed E-state index contributed by atoms with van der Waals surface area (Å²) < 4.78 is 9.57. The average molecular weight is 452 g/mol. The number of nitrogens with one attached hydrogen (secondary N) is 1. The van der Waals surface area contributed by atoms with Gasteiger partial charge in [0.05, 0.1) is 24.7 Å². The summed E-state index contributed by atoms with van der Waals surface area (Å²) in [5.74, 6) is 4.56. The van der Waals surface area contributed by atoms with E-state index >= 15 is 0 Å². The Morgan fingerprint density at radius 1 is 1.09 bits per heavy atom. The van der Waals surface area contributed by atoms with Gasteiger partial charge in [0.1, 0.15) is 13.1 Å². The molecule has 0 saturated carbocycles.